The van der Waals surface area contributed by atoms with Gasteiger partial charge in [0.05, 0.1) is 12.0 Å². The molecule has 3 rings (SSSR count). The van der Waals surface area contributed by atoms with Crippen LogP contribution in [0.25, 0.3) is 11.4 Å². The van der Waals surface area contributed by atoms with E-state index in [9.17, 15) is 4.79 Å². The lowest BCUT2D eigenvalue weighted by molar-refractivity contribution is -0.126. The minimum Gasteiger partial charge on any atom is -0.385 e. The second kappa shape index (κ2) is 9.12. The van der Waals surface area contributed by atoms with Gasteiger partial charge in [0.25, 0.3) is 0 Å². The molecule has 1 aliphatic carbocycles. The van der Waals surface area contributed by atoms with Crippen molar-refractivity contribution in [3.8, 4) is 11.4 Å². The molecular formula is C18H26ClN5O2. The van der Waals surface area contributed by atoms with Crippen LogP contribution >= 0.6 is 12.4 Å². The molecule has 0 radical (unpaired) electrons. The molecule has 1 heterocycles. The monoisotopic (exact) mass is 379 g/mol. The summed E-state index contributed by atoms with van der Waals surface area (Å²) in [6.07, 6.45) is 4.83. The number of benzene rings is 1. The third-order valence-electron chi connectivity index (χ3n) is 4.95. The zero-order valence-corrected chi connectivity index (χ0v) is 15.8. The summed E-state index contributed by atoms with van der Waals surface area (Å²) in [4.78, 5) is 17.1. The quantitative estimate of drug-likeness (QED) is 0.685. The number of rotatable bonds is 7. The van der Waals surface area contributed by atoms with E-state index in [0.717, 1.165) is 43.4 Å². The third-order valence-corrected chi connectivity index (χ3v) is 4.95. The Bertz CT molecular complexity index is 711. The maximum absolute atomic E-state index is 12.8. The second-order valence-corrected chi connectivity index (χ2v) is 6.57. The summed E-state index contributed by atoms with van der Waals surface area (Å²) >= 11 is 0. The molecule has 4 N–H and O–H groups in total. The van der Waals surface area contributed by atoms with Gasteiger partial charge in [0, 0.05) is 25.0 Å². The summed E-state index contributed by atoms with van der Waals surface area (Å²) in [5.41, 5.74) is 6.90. The van der Waals surface area contributed by atoms with Gasteiger partial charge in [0.1, 0.15) is 5.82 Å². The van der Waals surface area contributed by atoms with Crippen LogP contribution < -0.4 is 11.1 Å². The number of halogens is 1. The number of ether oxygens (including phenoxy) is 1. The van der Waals surface area contributed by atoms with Crippen LogP contribution in [0.2, 0.25) is 0 Å². The molecule has 0 saturated heterocycles. The Morgan fingerprint density at radius 3 is 2.58 bits per heavy atom. The number of methoxy groups -OCH3 is 1. The zero-order chi connectivity index (χ0) is 17.7. The Morgan fingerprint density at radius 2 is 2.00 bits per heavy atom. The van der Waals surface area contributed by atoms with Crippen LogP contribution in [0.1, 0.15) is 37.9 Å². The van der Waals surface area contributed by atoms with E-state index in [0.29, 0.717) is 24.8 Å². The van der Waals surface area contributed by atoms with E-state index in [1.165, 1.54) is 0 Å². The predicted octanol–water partition coefficient (Wildman–Crippen LogP) is 2.89. The van der Waals surface area contributed by atoms with Crippen molar-refractivity contribution in [3.63, 3.8) is 0 Å². The molecule has 0 atom stereocenters. The van der Waals surface area contributed by atoms with Crippen LogP contribution in [0.15, 0.2) is 24.3 Å². The smallest absolute Gasteiger partial charge is 0.230 e. The van der Waals surface area contributed by atoms with Crippen molar-refractivity contribution in [1.29, 1.82) is 0 Å². The number of aromatic nitrogens is 3. The largest absolute Gasteiger partial charge is 0.385 e. The maximum Gasteiger partial charge on any atom is 0.230 e. The highest BCUT2D eigenvalue weighted by molar-refractivity contribution is 5.95. The minimum absolute atomic E-state index is 0. The molecule has 0 unspecified atom stereocenters. The predicted molar refractivity (Wildman–Crippen MR) is 103 cm³/mol. The minimum atomic E-state index is -0.297. The van der Waals surface area contributed by atoms with Crippen molar-refractivity contribution in [2.45, 2.75) is 38.6 Å². The van der Waals surface area contributed by atoms with E-state index >= 15 is 0 Å². The molecule has 0 bridgehead atoms. The Balaban J connectivity index is 0.00000243. The Kier molecular flexibility index (Phi) is 7.14. The Labute approximate surface area is 159 Å². The van der Waals surface area contributed by atoms with Crippen LogP contribution in [0.4, 0.5) is 5.69 Å². The molecule has 1 fully saturated rings. The number of nitrogens with one attached hydrogen (secondary N) is 2. The number of nitrogens with two attached hydrogens (primary N) is 1. The normalized spacial score (nSPS) is 15.5. The number of carbonyl (C=O) groups excluding carboxylic acids is 1. The first kappa shape index (κ1) is 20.4. The fourth-order valence-electron chi connectivity index (χ4n) is 3.42. The van der Waals surface area contributed by atoms with Crippen LogP contribution in [-0.2, 0) is 16.1 Å². The van der Waals surface area contributed by atoms with E-state index in [1.54, 1.807) is 7.11 Å². The Hall–Kier alpha value is -1.96. The summed E-state index contributed by atoms with van der Waals surface area (Å²) in [6, 6.07) is 7.56. The SMILES string of the molecule is COCCC1(C(=O)Nc2ccc(-c3n[nH]c(CN)n3)cc2)CCCC1.Cl. The molecule has 142 valence electrons. The molecule has 1 saturated carbocycles. The van der Waals surface area contributed by atoms with Gasteiger partial charge in [0.15, 0.2) is 5.82 Å². The molecule has 0 spiro atoms. The topological polar surface area (TPSA) is 106 Å². The number of anilines is 1. The number of hydrogen-bond donors (Lipinski definition) is 3. The van der Waals surface area contributed by atoms with Gasteiger partial charge in [-0.1, -0.05) is 12.8 Å². The number of hydrogen-bond acceptors (Lipinski definition) is 5. The second-order valence-electron chi connectivity index (χ2n) is 6.57. The highest BCUT2D eigenvalue weighted by Crippen LogP contribution is 2.42. The lowest BCUT2D eigenvalue weighted by Gasteiger charge is -2.27. The van der Waals surface area contributed by atoms with Gasteiger partial charge in [-0.3, -0.25) is 9.89 Å². The van der Waals surface area contributed by atoms with E-state index in [4.69, 9.17) is 10.5 Å². The van der Waals surface area contributed by atoms with E-state index in [1.807, 2.05) is 24.3 Å². The van der Waals surface area contributed by atoms with Gasteiger partial charge in [-0.25, -0.2) is 4.98 Å². The standard InChI is InChI=1S/C18H25N5O2.ClH/c1-25-11-10-18(8-2-3-9-18)17(24)20-14-6-4-13(5-7-14)16-21-15(12-19)22-23-16;/h4-7H,2-3,8-12,19H2,1H3,(H,20,24)(H,21,22,23);1H. The first-order valence-electron chi connectivity index (χ1n) is 8.69. The average molecular weight is 380 g/mol. The van der Waals surface area contributed by atoms with E-state index in [2.05, 4.69) is 20.5 Å². The third kappa shape index (κ3) is 4.41. The zero-order valence-electron chi connectivity index (χ0n) is 15.0. The van der Waals surface area contributed by atoms with Gasteiger partial charge in [-0.2, -0.15) is 5.10 Å². The summed E-state index contributed by atoms with van der Waals surface area (Å²) in [5, 5.41) is 10.00. The first-order chi connectivity index (χ1) is 12.2. The highest BCUT2D eigenvalue weighted by atomic mass is 35.5. The molecule has 2 aromatic rings. The average Bonchev–Trinajstić information content (AvgIpc) is 3.31. The van der Waals surface area contributed by atoms with Gasteiger partial charge >= 0.3 is 0 Å². The highest BCUT2D eigenvalue weighted by Gasteiger charge is 2.40. The molecule has 26 heavy (non-hydrogen) atoms. The van der Waals surface area contributed by atoms with Crippen molar-refractivity contribution in [2.75, 3.05) is 19.0 Å². The van der Waals surface area contributed by atoms with Crippen molar-refractivity contribution >= 4 is 24.0 Å². The lowest BCUT2D eigenvalue weighted by atomic mass is 9.82. The number of H-pyrrole nitrogens is 1. The van der Waals surface area contributed by atoms with Gasteiger partial charge in [0.2, 0.25) is 5.91 Å². The maximum atomic E-state index is 12.8. The van der Waals surface area contributed by atoms with Crippen LogP contribution in [0.5, 0.6) is 0 Å². The molecule has 1 amide bonds. The van der Waals surface area contributed by atoms with Crippen molar-refractivity contribution < 1.29 is 9.53 Å². The van der Waals surface area contributed by atoms with Crippen molar-refractivity contribution in [2.24, 2.45) is 11.1 Å². The summed E-state index contributed by atoms with van der Waals surface area (Å²) in [5.74, 6) is 1.34. The van der Waals surface area contributed by atoms with Crippen LogP contribution in [0, 0.1) is 5.41 Å². The van der Waals surface area contributed by atoms with Gasteiger partial charge in [-0.05, 0) is 43.5 Å². The van der Waals surface area contributed by atoms with E-state index < -0.39 is 0 Å². The molecule has 7 nitrogen and oxygen atoms in total. The number of aromatic amines is 1. The molecule has 0 aliphatic heterocycles. The van der Waals surface area contributed by atoms with Gasteiger partial charge in [-0.15, -0.1) is 12.4 Å². The van der Waals surface area contributed by atoms with Crippen LogP contribution in [0.3, 0.4) is 0 Å². The molecular weight excluding hydrogens is 354 g/mol. The van der Waals surface area contributed by atoms with Crippen molar-refractivity contribution in [3.05, 3.63) is 30.1 Å². The summed E-state index contributed by atoms with van der Waals surface area (Å²) in [7, 11) is 1.68. The summed E-state index contributed by atoms with van der Waals surface area (Å²) in [6.45, 7) is 0.936. The number of amides is 1. The molecule has 8 heteroatoms. The molecule has 1 aromatic carbocycles. The van der Waals surface area contributed by atoms with Crippen LogP contribution in [-0.4, -0.2) is 34.8 Å². The Morgan fingerprint density at radius 1 is 1.31 bits per heavy atom. The fraction of sp³-hybridized carbons (Fsp3) is 0.500. The summed E-state index contributed by atoms with van der Waals surface area (Å²) < 4.78 is 5.20. The lowest BCUT2D eigenvalue weighted by Crippen LogP contribution is -2.34. The number of nitrogens with zero attached hydrogens (tertiary/aromatic N) is 2. The fourth-order valence-corrected chi connectivity index (χ4v) is 3.42. The van der Waals surface area contributed by atoms with Gasteiger partial charge < -0.3 is 15.8 Å². The molecule has 1 aromatic heterocycles. The van der Waals surface area contributed by atoms with Crippen molar-refractivity contribution in [1.82, 2.24) is 15.2 Å². The molecule has 1 aliphatic rings. The first-order valence-corrected chi connectivity index (χ1v) is 8.69. The number of carbonyl (C=O) groups is 1. The van der Waals surface area contributed by atoms with E-state index in [-0.39, 0.29) is 23.7 Å².